The van der Waals surface area contributed by atoms with Crippen molar-refractivity contribution in [1.29, 1.82) is 0 Å². The summed E-state index contributed by atoms with van der Waals surface area (Å²) in [5.74, 6) is 1.34. The van der Waals surface area contributed by atoms with Gasteiger partial charge in [-0.25, -0.2) is 4.99 Å². The summed E-state index contributed by atoms with van der Waals surface area (Å²) >= 11 is 0. The molecule has 2 nitrogen and oxygen atoms in total. The fourth-order valence-corrected chi connectivity index (χ4v) is 0.839. The third kappa shape index (κ3) is 1.31. The summed E-state index contributed by atoms with van der Waals surface area (Å²) < 4.78 is 0. The summed E-state index contributed by atoms with van der Waals surface area (Å²) in [6.45, 7) is 4.24. The number of nitrogens with zero attached hydrogens (tertiary/aromatic N) is 1. The summed E-state index contributed by atoms with van der Waals surface area (Å²) in [5.41, 5.74) is 6.82. The van der Waals surface area contributed by atoms with Gasteiger partial charge < -0.3 is 5.73 Å². The van der Waals surface area contributed by atoms with Crippen LogP contribution in [-0.2, 0) is 0 Å². The Hall–Kier alpha value is -0.790. The molecule has 1 aliphatic rings. The minimum absolute atomic E-state index is 0.586. The van der Waals surface area contributed by atoms with Crippen LogP contribution in [0.4, 0.5) is 0 Å². The standard InChI is InChI=1S/C7H12N2/c1-5-3-7(8)9-4-6(5)2/h4-5H,3H2,1-2H3,(H2,8,9). The Labute approximate surface area is 55.5 Å². The van der Waals surface area contributed by atoms with Crippen LogP contribution in [0.5, 0.6) is 0 Å². The van der Waals surface area contributed by atoms with E-state index in [2.05, 4.69) is 18.8 Å². The molecule has 0 saturated heterocycles. The average Bonchev–Trinajstić information content (AvgIpc) is 1.80. The second-order valence-corrected chi connectivity index (χ2v) is 2.60. The van der Waals surface area contributed by atoms with Crippen molar-refractivity contribution >= 4 is 5.84 Å². The molecule has 1 unspecified atom stereocenters. The van der Waals surface area contributed by atoms with Crippen molar-refractivity contribution in [2.24, 2.45) is 16.6 Å². The molecule has 0 saturated carbocycles. The Balaban J connectivity index is 2.74. The lowest BCUT2D eigenvalue weighted by atomic mass is 9.98. The molecule has 1 atom stereocenters. The number of hydrogen-bond acceptors (Lipinski definition) is 2. The van der Waals surface area contributed by atoms with Gasteiger partial charge in [-0.05, 0) is 12.8 Å². The van der Waals surface area contributed by atoms with Gasteiger partial charge in [-0.15, -0.1) is 0 Å². The molecule has 2 N–H and O–H groups in total. The van der Waals surface area contributed by atoms with E-state index in [4.69, 9.17) is 5.73 Å². The molecule has 0 aromatic carbocycles. The number of nitrogens with two attached hydrogens (primary N) is 1. The maximum atomic E-state index is 5.49. The highest BCUT2D eigenvalue weighted by molar-refractivity contribution is 5.82. The largest absolute Gasteiger partial charge is 0.387 e. The first kappa shape index (κ1) is 6.33. The van der Waals surface area contributed by atoms with Crippen LogP contribution in [-0.4, -0.2) is 5.84 Å². The lowest BCUT2D eigenvalue weighted by Crippen LogP contribution is -2.18. The molecule has 0 radical (unpaired) electrons. The molecule has 0 aromatic heterocycles. The molecule has 1 aliphatic heterocycles. The molecule has 0 spiro atoms. The van der Waals surface area contributed by atoms with Crippen molar-refractivity contribution < 1.29 is 0 Å². The van der Waals surface area contributed by atoms with E-state index in [9.17, 15) is 0 Å². The van der Waals surface area contributed by atoms with Crippen LogP contribution in [0.2, 0.25) is 0 Å². The molecule has 0 amide bonds. The quantitative estimate of drug-likeness (QED) is 0.519. The summed E-state index contributed by atoms with van der Waals surface area (Å²) in [4.78, 5) is 3.99. The number of hydrogen-bond donors (Lipinski definition) is 1. The number of allylic oxidation sites excluding steroid dienone is 1. The van der Waals surface area contributed by atoms with E-state index in [1.807, 2.05) is 6.20 Å². The zero-order valence-corrected chi connectivity index (χ0v) is 5.89. The van der Waals surface area contributed by atoms with E-state index < -0.39 is 0 Å². The summed E-state index contributed by atoms with van der Waals surface area (Å²) in [6.07, 6.45) is 2.77. The van der Waals surface area contributed by atoms with Crippen molar-refractivity contribution in [3.63, 3.8) is 0 Å². The SMILES string of the molecule is CC1=CN=C(N)CC1C. The molecule has 0 bridgehead atoms. The molecule has 0 aromatic rings. The third-order valence-electron chi connectivity index (χ3n) is 1.73. The van der Waals surface area contributed by atoms with Gasteiger partial charge in [0.15, 0.2) is 0 Å². The molecule has 50 valence electrons. The van der Waals surface area contributed by atoms with Gasteiger partial charge in [0.2, 0.25) is 0 Å². The summed E-state index contributed by atoms with van der Waals surface area (Å²) in [7, 11) is 0. The Morgan fingerprint density at radius 2 is 2.44 bits per heavy atom. The van der Waals surface area contributed by atoms with Crippen molar-refractivity contribution in [3.05, 3.63) is 11.8 Å². The lowest BCUT2D eigenvalue weighted by Gasteiger charge is -2.14. The zero-order valence-electron chi connectivity index (χ0n) is 5.89. The predicted molar refractivity (Wildman–Crippen MR) is 39.2 cm³/mol. The van der Waals surface area contributed by atoms with Gasteiger partial charge in [0.05, 0.1) is 5.84 Å². The maximum absolute atomic E-state index is 5.49. The van der Waals surface area contributed by atoms with E-state index >= 15 is 0 Å². The van der Waals surface area contributed by atoms with Crippen LogP contribution in [0.25, 0.3) is 0 Å². The zero-order chi connectivity index (χ0) is 6.85. The Bertz CT molecular complexity index is 168. The number of rotatable bonds is 0. The van der Waals surface area contributed by atoms with E-state index in [0.29, 0.717) is 5.92 Å². The minimum atomic E-state index is 0.586. The van der Waals surface area contributed by atoms with Gasteiger partial charge >= 0.3 is 0 Å². The molecule has 0 aliphatic carbocycles. The monoisotopic (exact) mass is 124 g/mol. The van der Waals surface area contributed by atoms with Gasteiger partial charge in [-0.3, -0.25) is 0 Å². The van der Waals surface area contributed by atoms with E-state index in [-0.39, 0.29) is 0 Å². The molecular weight excluding hydrogens is 112 g/mol. The van der Waals surface area contributed by atoms with Crippen molar-refractivity contribution in [2.45, 2.75) is 20.3 Å². The highest BCUT2D eigenvalue weighted by Gasteiger charge is 2.09. The first-order valence-corrected chi connectivity index (χ1v) is 3.19. The second kappa shape index (κ2) is 2.21. The third-order valence-corrected chi connectivity index (χ3v) is 1.73. The van der Waals surface area contributed by atoms with Crippen molar-refractivity contribution in [2.75, 3.05) is 0 Å². The first-order valence-electron chi connectivity index (χ1n) is 3.19. The Morgan fingerprint density at radius 1 is 1.78 bits per heavy atom. The predicted octanol–water partition coefficient (Wildman–Crippen LogP) is 1.29. The molecule has 2 heteroatoms. The van der Waals surface area contributed by atoms with E-state index in [1.165, 1.54) is 5.57 Å². The average molecular weight is 124 g/mol. The molecule has 9 heavy (non-hydrogen) atoms. The van der Waals surface area contributed by atoms with Gasteiger partial charge in [0, 0.05) is 12.6 Å². The normalized spacial score (nSPS) is 27.1. The van der Waals surface area contributed by atoms with Gasteiger partial charge in [0.25, 0.3) is 0 Å². The van der Waals surface area contributed by atoms with E-state index in [1.54, 1.807) is 0 Å². The molecular formula is C7H12N2. The fourth-order valence-electron chi connectivity index (χ4n) is 0.839. The molecule has 1 rings (SSSR count). The second-order valence-electron chi connectivity index (χ2n) is 2.60. The van der Waals surface area contributed by atoms with Crippen LogP contribution >= 0.6 is 0 Å². The van der Waals surface area contributed by atoms with E-state index in [0.717, 1.165) is 12.3 Å². The Kier molecular flexibility index (Phi) is 1.56. The smallest absolute Gasteiger partial charge is 0.0994 e. The van der Waals surface area contributed by atoms with Crippen LogP contribution in [0, 0.1) is 5.92 Å². The number of amidine groups is 1. The van der Waals surface area contributed by atoms with Crippen molar-refractivity contribution in [1.82, 2.24) is 0 Å². The summed E-state index contributed by atoms with van der Waals surface area (Å²) in [5, 5.41) is 0. The highest BCUT2D eigenvalue weighted by atomic mass is 14.8. The van der Waals surface area contributed by atoms with Crippen LogP contribution in [0.1, 0.15) is 20.3 Å². The van der Waals surface area contributed by atoms with Crippen LogP contribution < -0.4 is 5.73 Å². The maximum Gasteiger partial charge on any atom is 0.0994 e. The summed E-state index contributed by atoms with van der Waals surface area (Å²) in [6, 6.07) is 0. The van der Waals surface area contributed by atoms with Gasteiger partial charge in [-0.2, -0.15) is 0 Å². The molecule has 0 fully saturated rings. The first-order chi connectivity index (χ1) is 4.20. The number of aliphatic imine (C=N–C) groups is 1. The van der Waals surface area contributed by atoms with Crippen molar-refractivity contribution in [3.8, 4) is 0 Å². The van der Waals surface area contributed by atoms with Gasteiger partial charge in [0.1, 0.15) is 0 Å². The lowest BCUT2D eigenvalue weighted by molar-refractivity contribution is 0.698. The fraction of sp³-hybridized carbons (Fsp3) is 0.571. The van der Waals surface area contributed by atoms with Crippen LogP contribution in [0.15, 0.2) is 16.8 Å². The topological polar surface area (TPSA) is 38.4 Å². The van der Waals surface area contributed by atoms with Gasteiger partial charge in [-0.1, -0.05) is 12.5 Å². The van der Waals surface area contributed by atoms with Crippen LogP contribution in [0.3, 0.4) is 0 Å². The molecule has 1 heterocycles. The highest BCUT2D eigenvalue weighted by Crippen LogP contribution is 2.17. The minimum Gasteiger partial charge on any atom is -0.387 e. The Morgan fingerprint density at radius 3 is 2.89 bits per heavy atom.